The maximum atomic E-state index is 13.1. The van der Waals surface area contributed by atoms with Crippen molar-refractivity contribution < 1.29 is 26.4 Å². The number of anilines is 1. The van der Waals surface area contributed by atoms with Gasteiger partial charge in [-0.05, 0) is 54.1 Å². The number of amides is 1. The Morgan fingerprint density at radius 3 is 2.30 bits per heavy atom. The number of carbonyl (C=O) groups excluding carboxylic acids is 1. The topological polar surface area (TPSA) is 78.8 Å². The number of rotatable bonds is 7. The lowest BCUT2D eigenvalue weighted by atomic mass is 10.1. The summed E-state index contributed by atoms with van der Waals surface area (Å²) in [5.74, 6) is -0.798. The molecule has 0 aromatic heterocycles. The van der Waals surface area contributed by atoms with Gasteiger partial charge in [0.2, 0.25) is 0 Å². The van der Waals surface area contributed by atoms with Gasteiger partial charge in [0.1, 0.15) is 6.54 Å². The third-order valence-electron chi connectivity index (χ3n) is 4.35. The van der Waals surface area contributed by atoms with Gasteiger partial charge in [-0.3, -0.25) is 9.10 Å². The third-order valence-corrected chi connectivity index (χ3v) is 6.39. The zero-order valence-electron chi connectivity index (χ0n) is 16.8. The number of nitrogens with zero attached hydrogens (tertiary/aromatic N) is 2. The SMILES string of the molecule is O=C(CN(c1ccc(Cl)cc1)S(=O)(=O)c1ccccc1)N/N=C\c1cccc(C(F)(F)F)c1. The van der Waals surface area contributed by atoms with Crippen LogP contribution in [0.3, 0.4) is 0 Å². The summed E-state index contributed by atoms with van der Waals surface area (Å²) in [6.45, 7) is -0.626. The molecule has 3 aromatic rings. The Balaban J connectivity index is 1.80. The standard InChI is InChI=1S/C22H17ClF3N3O3S/c23-18-9-11-19(12-10-18)29(33(31,32)20-7-2-1-3-8-20)15-21(30)28-27-14-16-5-4-6-17(13-16)22(24,25)26/h1-14H,15H2,(H,28,30)/b27-14-. The second-order valence-corrected chi connectivity index (χ2v) is 9.02. The number of hydrogen-bond acceptors (Lipinski definition) is 4. The van der Waals surface area contributed by atoms with Gasteiger partial charge >= 0.3 is 6.18 Å². The van der Waals surface area contributed by atoms with Gasteiger partial charge in [0, 0.05) is 5.02 Å². The van der Waals surface area contributed by atoms with E-state index in [1.165, 1.54) is 48.5 Å². The van der Waals surface area contributed by atoms with Gasteiger partial charge in [-0.1, -0.05) is 41.9 Å². The molecule has 0 fully saturated rings. The summed E-state index contributed by atoms with van der Waals surface area (Å²) in [6, 6.07) is 17.8. The Morgan fingerprint density at radius 2 is 1.67 bits per heavy atom. The number of nitrogens with one attached hydrogen (secondary N) is 1. The molecule has 0 aliphatic carbocycles. The van der Waals surface area contributed by atoms with Crippen LogP contribution in [0.5, 0.6) is 0 Å². The smallest absolute Gasteiger partial charge is 0.271 e. The number of hydrazone groups is 1. The van der Waals surface area contributed by atoms with Crippen LogP contribution in [-0.2, 0) is 21.0 Å². The fourth-order valence-corrected chi connectivity index (χ4v) is 4.35. The number of benzene rings is 3. The van der Waals surface area contributed by atoms with Crippen molar-refractivity contribution in [1.82, 2.24) is 5.43 Å². The number of alkyl halides is 3. The van der Waals surface area contributed by atoms with Crippen molar-refractivity contribution in [3.05, 3.63) is 95.0 Å². The van der Waals surface area contributed by atoms with Crippen molar-refractivity contribution in [2.45, 2.75) is 11.1 Å². The van der Waals surface area contributed by atoms with Gasteiger partial charge in [0.15, 0.2) is 0 Å². The molecule has 0 unspecified atom stereocenters. The molecule has 0 heterocycles. The minimum absolute atomic E-state index is 0.0276. The largest absolute Gasteiger partial charge is 0.416 e. The van der Waals surface area contributed by atoms with Gasteiger partial charge in [-0.15, -0.1) is 0 Å². The molecule has 11 heteroatoms. The van der Waals surface area contributed by atoms with Crippen LogP contribution < -0.4 is 9.73 Å². The molecule has 6 nitrogen and oxygen atoms in total. The van der Waals surface area contributed by atoms with E-state index in [2.05, 4.69) is 10.5 Å². The molecular weight excluding hydrogens is 479 g/mol. The fraction of sp³-hybridized carbons (Fsp3) is 0.0909. The monoisotopic (exact) mass is 495 g/mol. The summed E-state index contributed by atoms with van der Waals surface area (Å²) in [5, 5.41) is 4.03. The lowest BCUT2D eigenvalue weighted by molar-refractivity contribution is -0.137. The third kappa shape index (κ3) is 6.33. The molecule has 0 spiro atoms. The molecule has 0 saturated carbocycles. The van der Waals surface area contributed by atoms with E-state index in [0.29, 0.717) is 5.02 Å². The van der Waals surface area contributed by atoms with Crippen molar-refractivity contribution in [3.8, 4) is 0 Å². The molecule has 0 radical (unpaired) electrons. The highest BCUT2D eigenvalue weighted by Crippen LogP contribution is 2.29. The molecule has 0 bridgehead atoms. The van der Waals surface area contributed by atoms with Gasteiger partial charge in [-0.25, -0.2) is 13.8 Å². The van der Waals surface area contributed by atoms with E-state index in [-0.39, 0.29) is 16.1 Å². The first-order chi connectivity index (χ1) is 15.6. The molecule has 3 aromatic carbocycles. The van der Waals surface area contributed by atoms with Crippen LogP contribution in [0, 0.1) is 0 Å². The first-order valence-electron chi connectivity index (χ1n) is 9.40. The Hall–Kier alpha value is -3.37. The van der Waals surface area contributed by atoms with Crippen molar-refractivity contribution in [1.29, 1.82) is 0 Å². The Labute approximate surface area is 193 Å². The summed E-state index contributed by atoms with van der Waals surface area (Å²) < 4.78 is 65.6. The lowest BCUT2D eigenvalue weighted by Gasteiger charge is -2.23. The normalized spacial score (nSPS) is 12.0. The van der Waals surface area contributed by atoms with E-state index in [0.717, 1.165) is 22.7 Å². The maximum absolute atomic E-state index is 13.1. The maximum Gasteiger partial charge on any atom is 0.416 e. The van der Waals surface area contributed by atoms with E-state index in [1.807, 2.05) is 0 Å². The van der Waals surface area contributed by atoms with Crippen LogP contribution in [0.25, 0.3) is 0 Å². The number of sulfonamides is 1. The first kappa shape index (κ1) is 24.3. The lowest BCUT2D eigenvalue weighted by Crippen LogP contribution is -2.39. The van der Waals surface area contributed by atoms with Gasteiger partial charge in [0.05, 0.1) is 22.4 Å². The molecule has 1 amide bonds. The van der Waals surface area contributed by atoms with Crippen LogP contribution in [0.15, 0.2) is 88.9 Å². The molecule has 0 atom stereocenters. The van der Waals surface area contributed by atoms with Crippen molar-refractivity contribution in [3.63, 3.8) is 0 Å². The van der Waals surface area contributed by atoms with Crippen molar-refractivity contribution in [2.24, 2.45) is 5.10 Å². The van der Waals surface area contributed by atoms with Crippen LogP contribution in [-0.4, -0.2) is 27.1 Å². The molecule has 33 heavy (non-hydrogen) atoms. The molecule has 3 rings (SSSR count). The summed E-state index contributed by atoms with van der Waals surface area (Å²) in [4.78, 5) is 12.4. The number of halogens is 4. The van der Waals surface area contributed by atoms with Crippen LogP contribution in [0.2, 0.25) is 5.02 Å². The second-order valence-electron chi connectivity index (χ2n) is 6.72. The van der Waals surface area contributed by atoms with E-state index >= 15 is 0 Å². The summed E-state index contributed by atoms with van der Waals surface area (Å²) in [5.41, 5.74) is 1.58. The van der Waals surface area contributed by atoms with E-state index in [4.69, 9.17) is 11.6 Å². The predicted octanol–water partition coefficient (Wildman–Crippen LogP) is 4.70. The zero-order chi connectivity index (χ0) is 24.1. The fourth-order valence-electron chi connectivity index (χ4n) is 2.78. The van der Waals surface area contributed by atoms with E-state index < -0.39 is 34.2 Å². The first-order valence-corrected chi connectivity index (χ1v) is 11.2. The minimum Gasteiger partial charge on any atom is -0.271 e. The number of carbonyl (C=O) groups is 1. The molecule has 1 N–H and O–H groups in total. The van der Waals surface area contributed by atoms with Crippen LogP contribution in [0.4, 0.5) is 18.9 Å². The Bertz CT molecular complexity index is 1250. The molecule has 0 aliphatic rings. The zero-order valence-corrected chi connectivity index (χ0v) is 18.4. The summed E-state index contributed by atoms with van der Waals surface area (Å²) in [7, 11) is -4.11. The highest BCUT2D eigenvalue weighted by atomic mass is 35.5. The predicted molar refractivity (Wildman–Crippen MR) is 120 cm³/mol. The number of hydrogen-bond donors (Lipinski definition) is 1. The van der Waals surface area contributed by atoms with Gasteiger partial charge in [0.25, 0.3) is 15.9 Å². The Morgan fingerprint density at radius 1 is 1.00 bits per heavy atom. The van der Waals surface area contributed by atoms with Crippen molar-refractivity contribution in [2.75, 3.05) is 10.8 Å². The summed E-state index contributed by atoms with van der Waals surface area (Å²) >= 11 is 5.88. The van der Waals surface area contributed by atoms with Crippen LogP contribution in [0.1, 0.15) is 11.1 Å². The average molecular weight is 496 g/mol. The second kappa shape index (κ2) is 10.1. The molecule has 0 saturated heterocycles. The van der Waals surface area contributed by atoms with Gasteiger partial charge < -0.3 is 0 Å². The molecular formula is C22H17ClF3N3O3S. The Kier molecular flexibility index (Phi) is 7.39. The van der Waals surface area contributed by atoms with E-state index in [9.17, 15) is 26.4 Å². The minimum atomic E-state index is -4.52. The average Bonchev–Trinajstić information content (AvgIpc) is 2.78. The summed E-state index contributed by atoms with van der Waals surface area (Å²) in [6.07, 6.45) is -3.48. The highest BCUT2D eigenvalue weighted by molar-refractivity contribution is 7.92. The highest BCUT2D eigenvalue weighted by Gasteiger charge is 2.30. The van der Waals surface area contributed by atoms with Crippen molar-refractivity contribution >= 4 is 39.4 Å². The molecule has 172 valence electrons. The van der Waals surface area contributed by atoms with Crippen LogP contribution >= 0.6 is 11.6 Å². The quantitative estimate of drug-likeness (QED) is 0.381. The molecule has 0 aliphatic heterocycles. The van der Waals surface area contributed by atoms with Gasteiger partial charge in [-0.2, -0.15) is 18.3 Å². The van der Waals surface area contributed by atoms with E-state index in [1.54, 1.807) is 18.2 Å².